The normalized spacial score (nSPS) is 21.8. The molecular weight excluding hydrogens is 232 g/mol. The van der Waals surface area contributed by atoms with Crippen molar-refractivity contribution in [1.82, 2.24) is 5.32 Å². The number of primary amides is 1. The van der Waals surface area contributed by atoms with Gasteiger partial charge in [0.05, 0.1) is 7.11 Å². The first-order chi connectivity index (χ1) is 8.60. The standard InChI is InChI=1S/C13H16N2O3/c1-18-11-4-2-3-9-5-6-13(8-16,7-10(9)11)15-12(14)17/h2-4,8H,5-7H2,1H3,(H3,14,15,17). The summed E-state index contributed by atoms with van der Waals surface area (Å²) >= 11 is 0. The zero-order valence-corrected chi connectivity index (χ0v) is 10.2. The van der Waals surface area contributed by atoms with Gasteiger partial charge in [-0.2, -0.15) is 0 Å². The minimum atomic E-state index is -0.909. The molecule has 18 heavy (non-hydrogen) atoms. The van der Waals surface area contributed by atoms with Gasteiger partial charge in [-0.15, -0.1) is 0 Å². The van der Waals surface area contributed by atoms with Crippen LogP contribution in [0.3, 0.4) is 0 Å². The Hall–Kier alpha value is -2.04. The van der Waals surface area contributed by atoms with Gasteiger partial charge in [0.2, 0.25) is 0 Å². The molecule has 0 bridgehead atoms. The largest absolute Gasteiger partial charge is 0.496 e. The summed E-state index contributed by atoms with van der Waals surface area (Å²) in [5, 5.41) is 2.55. The number of rotatable bonds is 3. The number of nitrogens with one attached hydrogen (secondary N) is 1. The van der Waals surface area contributed by atoms with E-state index in [1.807, 2.05) is 18.2 Å². The highest BCUT2D eigenvalue weighted by Crippen LogP contribution is 2.33. The highest BCUT2D eigenvalue weighted by Gasteiger charge is 2.36. The smallest absolute Gasteiger partial charge is 0.312 e. The summed E-state index contributed by atoms with van der Waals surface area (Å²) in [6.45, 7) is 0. The molecule has 0 saturated carbocycles. The third-order valence-electron chi connectivity index (χ3n) is 3.38. The van der Waals surface area contributed by atoms with Gasteiger partial charge >= 0.3 is 6.03 Å². The molecule has 1 aliphatic rings. The molecule has 0 spiro atoms. The first kappa shape index (κ1) is 12.4. The fourth-order valence-electron chi connectivity index (χ4n) is 2.48. The molecular formula is C13H16N2O3. The fourth-order valence-corrected chi connectivity index (χ4v) is 2.48. The van der Waals surface area contributed by atoms with E-state index in [2.05, 4.69) is 5.32 Å². The molecule has 5 heteroatoms. The number of ether oxygens (including phenoxy) is 1. The Morgan fingerprint density at radius 3 is 2.94 bits per heavy atom. The molecule has 0 heterocycles. The van der Waals surface area contributed by atoms with Crippen LogP contribution in [-0.4, -0.2) is 25.0 Å². The quantitative estimate of drug-likeness (QED) is 0.776. The van der Waals surface area contributed by atoms with Crippen molar-refractivity contribution in [2.75, 3.05) is 7.11 Å². The minimum absolute atomic E-state index is 0.415. The Morgan fingerprint density at radius 2 is 2.33 bits per heavy atom. The minimum Gasteiger partial charge on any atom is -0.496 e. The van der Waals surface area contributed by atoms with Crippen LogP contribution in [0, 0.1) is 0 Å². The van der Waals surface area contributed by atoms with Crippen LogP contribution in [-0.2, 0) is 17.6 Å². The maximum absolute atomic E-state index is 11.3. The van der Waals surface area contributed by atoms with Gasteiger partial charge in [0, 0.05) is 12.0 Å². The van der Waals surface area contributed by atoms with Crippen LogP contribution in [0.1, 0.15) is 17.5 Å². The maximum Gasteiger partial charge on any atom is 0.312 e. The number of benzene rings is 1. The van der Waals surface area contributed by atoms with E-state index in [4.69, 9.17) is 10.5 Å². The topological polar surface area (TPSA) is 81.4 Å². The molecule has 0 saturated heterocycles. The molecule has 5 nitrogen and oxygen atoms in total. The number of hydrogen-bond donors (Lipinski definition) is 2. The van der Waals surface area contributed by atoms with Crippen molar-refractivity contribution < 1.29 is 14.3 Å². The third kappa shape index (κ3) is 2.16. The van der Waals surface area contributed by atoms with Crippen LogP contribution in [0.25, 0.3) is 0 Å². The number of hydrogen-bond acceptors (Lipinski definition) is 3. The third-order valence-corrected chi connectivity index (χ3v) is 3.38. The SMILES string of the molecule is COc1cccc2c1CC(C=O)(NC(N)=O)CC2. The van der Waals surface area contributed by atoms with E-state index in [1.54, 1.807) is 7.11 Å². The van der Waals surface area contributed by atoms with Crippen molar-refractivity contribution in [3.05, 3.63) is 29.3 Å². The molecule has 3 N–H and O–H groups in total. The molecule has 1 aromatic rings. The van der Waals surface area contributed by atoms with E-state index in [0.29, 0.717) is 19.3 Å². The molecule has 0 aromatic heterocycles. The number of amides is 2. The predicted octanol–water partition coefficient (Wildman–Crippen LogP) is 0.790. The number of aryl methyl sites for hydroxylation is 1. The van der Waals surface area contributed by atoms with Gasteiger partial charge in [-0.3, -0.25) is 0 Å². The summed E-state index contributed by atoms with van der Waals surface area (Å²) in [5.74, 6) is 0.740. The number of carbonyl (C=O) groups excluding carboxylic acids is 2. The summed E-state index contributed by atoms with van der Waals surface area (Å²) in [4.78, 5) is 22.3. The Bertz CT molecular complexity index is 473. The van der Waals surface area contributed by atoms with E-state index < -0.39 is 11.6 Å². The zero-order chi connectivity index (χ0) is 13.2. The monoisotopic (exact) mass is 248 g/mol. The lowest BCUT2D eigenvalue weighted by Crippen LogP contribution is -2.55. The second kappa shape index (κ2) is 4.68. The van der Waals surface area contributed by atoms with E-state index >= 15 is 0 Å². The van der Waals surface area contributed by atoms with Crippen molar-refractivity contribution in [1.29, 1.82) is 0 Å². The molecule has 1 aliphatic carbocycles. The number of nitrogens with two attached hydrogens (primary N) is 1. The zero-order valence-electron chi connectivity index (χ0n) is 10.2. The lowest BCUT2D eigenvalue weighted by molar-refractivity contribution is -0.113. The number of methoxy groups -OCH3 is 1. The average molecular weight is 248 g/mol. The van der Waals surface area contributed by atoms with Gasteiger partial charge in [0.25, 0.3) is 0 Å². The second-order valence-corrected chi connectivity index (χ2v) is 4.54. The predicted molar refractivity (Wildman–Crippen MR) is 66.5 cm³/mol. The van der Waals surface area contributed by atoms with Crippen molar-refractivity contribution in [3.8, 4) is 5.75 Å². The lowest BCUT2D eigenvalue weighted by atomic mass is 9.78. The van der Waals surface area contributed by atoms with Gasteiger partial charge in [0.1, 0.15) is 17.6 Å². The maximum atomic E-state index is 11.3. The Morgan fingerprint density at radius 1 is 1.56 bits per heavy atom. The van der Waals surface area contributed by atoms with Gasteiger partial charge in [-0.25, -0.2) is 4.79 Å². The summed E-state index contributed by atoms with van der Waals surface area (Å²) in [6.07, 6.45) is 2.46. The van der Waals surface area contributed by atoms with Crippen molar-refractivity contribution in [2.45, 2.75) is 24.8 Å². The number of urea groups is 1. The van der Waals surface area contributed by atoms with E-state index in [-0.39, 0.29) is 0 Å². The first-order valence-corrected chi connectivity index (χ1v) is 5.79. The fraction of sp³-hybridized carbons (Fsp3) is 0.385. The van der Waals surface area contributed by atoms with E-state index in [1.165, 1.54) is 0 Å². The molecule has 96 valence electrons. The van der Waals surface area contributed by atoms with E-state index in [9.17, 15) is 9.59 Å². The summed E-state index contributed by atoms with van der Waals surface area (Å²) in [6, 6.07) is 5.11. The van der Waals surface area contributed by atoms with Crippen molar-refractivity contribution >= 4 is 12.3 Å². The first-order valence-electron chi connectivity index (χ1n) is 5.79. The number of fused-ring (bicyclic) bond motifs is 1. The molecule has 0 fully saturated rings. The molecule has 0 aliphatic heterocycles. The van der Waals surface area contributed by atoms with Crippen molar-refractivity contribution in [2.24, 2.45) is 5.73 Å². The second-order valence-electron chi connectivity index (χ2n) is 4.54. The van der Waals surface area contributed by atoms with Crippen LogP contribution >= 0.6 is 0 Å². The molecule has 2 amide bonds. The van der Waals surface area contributed by atoms with Gasteiger partial charge in [0.15, 0.2) is 0 Å². The van der Waals surface area contributed by atoms with Gasteiger partial charge < -0.3 is 20.6 Å². The summed E-state index contributed by atoms with van der Waals surface area (Å²) in [7, 11) is 1.59. The lowest BCUT2D eigenvalue weighted by Gasteiger charge is -2.34. The van der Waals surface area contributed by atoms with Crippen LogP contribution in [0.4, 0.5) is 4.79 Å². The van der Waals surface area contributed by atoms with Crippen LogP contribution in [0.5, 0.6) is 5.75 Å². The highest BCUT2D eigenvalue weighted by atomic mass is 16.5. The van der Waals surface area contributed by atoms with Crippen LogP contribution < -0.4 is 15.8 Å². The van der Waals surface area contributed by atoms with E-state index in [0.717, 1.165) is 23.2 Å². The molecule has 1 atom stereocenters. The van der Waals surface area contributed by atoms with Gasteiger partial charge in [-0.1, -0.05) is 12.1 Å². The van der Waals surface area contributed by atoms with Crippen molar-refractivity contribution in [3.63, 3.8) is 0 Å². The van der Waals surface area contributed by atoms with Crippen LogP contribution in [0.15, 0.2) is 18.2 Å². The summed E-state index contributed by atoms with van der Waals surface area (Å²) in [5.41, 5.74) is 6.34. The van der Waals surface area contributed by atoms with Gasteiger partial charge in [-0.05, 0) is 24.5 Å². The molecule has 0 radical (unpaired) electrons. The Kier molecular flexibility index (Phi) is 3.23. The van der Waals surface area contributed by atoms with Crippen LogP contribution in [0.2, 0.25) is 0 Å². The molecule has 1 unspecified atom stereocenters. The Balaban J connectivity index is 2.37. The Labute approximate surface area is 105 Å². The average Bonchev–Trinajstić information content (AvgIpc) is 2.37. The number of carbonyl (C=O) groups is 2. The molecule has 1 aromatic carbocycles. The summed E-state index contributed by atoms with van der Waals surface area (Å²) < 4.78 is 5.30. The highest BCUT2D eigenvalue weighted by molar-refractivity contribution is 5.80. The molecule has 2 rings (SSSR count). The number of aldehydes is 1.